The molecule has 0 bridgehead atoms. The van der Waals surface area contributed by atoms with E-state index in [0.717, 1.165) is 0 Å². The van der Waals surface area contributed by atoms with E-state index in [2.05, 4.69) is 5.32 Å². The summed E-state index contributed by atoms with van der Waals surface area (Å²) in [6.45, 7) is 4.65. The lowest BCUT2D eigenvalue weighted by Crippen LogP contribution is -2.32. The molecule has 1 aromatic carbocycles. The Morgan fingerprint density at radius 1 is 1.47 bits per heavy atom. The molecule has 1 rings (SSSR count). The Morgan fingerprint density at radius 3 is 2.68 bits per heavy atom. The number of carbonyl (C=O) groups is 1. The van der Waals surface area contributed by atoms with Gasteiger partial charge in [0.2, 0.25) is 5.91 Å². The van der Waals surface area contributed by atoms with Gasteiger partial charge in [0.1, 0.15) is 0 Å². The van der Waals surface area contributed by atoms with Crippen LogP contribution in [-0.4, -0.2) is 32.7 Å². The first-order valence-electron chi connectivity index (χ1n) is 6.29. The fourth-order valence-electron chi connectivity index (χ4n) is 1.64. The van der Waals surface area contributed by atoms with Gasteiger partial charge < -0.3 is 15.0 Å². The number of nitrogens with one attached hydrogen (secondary N) is 1. The van der Waals surface area contributed by atoms with E-state index in [4.69, 9.17) is 4.74 Å². The van der Waals surface area contributed by atoms with Gasteiger partial charge in [-0.1, -0.05) is 13.8 Å². The monoisotopic (exact) mass is 268 g/mol. The number of rotatable bonds is 6. The van der Waals surface area contributed by atoms with E-state index in [9.17, 15) is 9.18 Å². The van der Waals surface area contributed by atoms with Crippen molar-refractivity contribution >= 4 is 11.6 Å². The number of nitrogens with zero attached hydrogens (tertiary/aromatic N) is 1. The Kier molecular flexibility index (Phi) is 5.76. The number of ether oxygens (including phenoxy) is 1. The Balaban J connectivity index is 2.63. The van der Waals surface area contributed by atoms with Crippen molar-refractivity contribution in [3.8, 4) is 5.75 Å². The van der Waals surface area contributed by atoms with Crippen LogP contribution in [0.2, 0.25) is 0 Å². The average Bonchev–Trinajstić information content (AvgIpc) is 2.37. The maximum atomic E-state index is 13.6. The van der Waals surface area contributed by atoms with Crippen molar-refractivity contribution in [3.63, 3.8) is 0 Å². The third-order valence-corrected chi connectivity index (χ3v) is 2.79. The SMILES string of the molecule is COc1ccc(N(C)C(=O)CCNC(C)C)cc1F. The van der Waals surface area contributed by atoms with Gasteiger partial charge in [0.05, 0.1) is 7.11 Å². The molecule has 4 nitrogen and oxygen atoms in total. The van der Waals surface area contributed by atoms with Gasteiger partial charge >= 0.3 is 0 Å². The van der Waals surface area contributed by atoms with Crippen molar-refractivity contribution < 1.29 is 13.9 Å². The minimum atomic E-state index is -0.472. The van der Waals surface area contributed by atoms with Gasteiger partial charge in [0, 0.05) is 37.8 Å². The smallest absolute Gasteiger partial charge is 0.227 e. The summed E-state index contributed by atoms with van der Waals surface area (Å²) in [5, 5.41) is 3.17. The minimum absolute atomic E-state index is 0.0577. The Morgan fingerprint density at radius 2 is 2.16 bits per heavy atom. The number of amides is 1. The Hall–Kier alpha value is -1.62. The van der Waals surface area contributed by atoms with Crippen LogP contribution in [0.4, 0.5) is 10.1 Å². The molecule has 0 atom stereocenters. The highest BCUT2D eigenvalue weighted by Crippen LogP contribution is 2.23. The topological polar surface area (TPSA) is 41.6 Å². The largest absolute Gasteiger partial charge is 0.494 e. The van der Waals surface area contributed by atoms with E-state index >= 15 is 0 Å². The molecule has 5 heteroatoms. The number of hydrogen-bond donors (Lipinski definition) is 1. The maximum Gasteiger partial charge on any atom is 0.227 e. The van der Waals surface area contributed by atoms with Gasteiger partial charge in [0.25, 0.3) is 0 Å². The normalized spacial score (nSPS) is 10.6. The molecule has 19 heavy (non-hydrogen) atoms. The summed E-state index contributed by atoms with van der Waals surface area (Å²) >= 11 is 0. The summed E-state index contributed by atoms with van der Waals surface area (Å²) in [6.07, 6.45) is 0.377. The van der Waals surface area contributed by atoms with Crippen molar-refractivity contribution in [2.45, 2.75) is 26.3 Å². The van der Waals surface area contributed by atoms with Crippen molar-refractivity contribution in [2.75, 3.05) is 25.6 Å². The lowest BCUT2D eigenvalue weighted by Gasteiger charge is -2.18. The molecule has 106 valence electrons. The molecule has 1 amide bonds. The Labute approximate surface area is 113 Å². The van der Waals surface area contributed by atoms with Gasteiger partial charge in [-0.15, -0.1) is 0 Å². The number of halogens is 1. The first-order valence-corrected chi connectivity index (χ1v) is 6.29. The Bertz CT molecular complexity index is 435. The molecule has 0 saturated heterocycles. The van der Waals surface area contributed by atoms with E-state index in [1.165, 1.54) is 24.1 Å². The van der Waals surface area contributed by atoms with Gasteiger partial charge in [0.15, 0.2) is 11.6 Å². The maximum absolute atomic E-state index is 13.6. The van der Waals surface area contributed by atoms with Crippen molar-refractivity contribution in [2.24, 2.45) is 0 Å². The first kappa shape index (κ1) is 15.4. The molecule has 1 aromatic rings. The summed E-state index contributed by atoms with van der Waals surface area (Å²) in [4.78, 5) is 13.4. The standard InChI is InChI=1S/C14H21FN2O2/c1-10(2)16-8-7-14(18)17(3)11-5-6-13(19-4)12(15)9-11/h5-6,9-10,16H,7-8H2,1-4H3. The van der Waals surface area contributed by atoms with Gasteiger partial charge in [-0.05, 0) is 12.1 Å². The number of carbonyl (C=O) groups excluding carboxylic acids is 1. The van der Waals surface area contributed by atoms with E-state index in [0.29, 0.717) is 24.7 Å². The molecule has 0 aliphatic heterocycles. The molecule has 0 aliphatic rings. The lowest BCUT2D eigenvalue weighted by molar-refractivity contribution is -0.118. The van der Waals surface area contributed by atoms with Crippen LogP contribution in [0.5, 0.6) is 5.75 Å². The summed E-state index contributed by atoms with van der Waals surface area (Å²) < 4.78 is 18.4. The molecule has 0 radical (unpaired) electrons. The van der Waals surface area contributed by atoms with Crippen LogP contribution in [0, 0.1) is 5.82 Å². The van der Waals surface area contributed by atoms with Crippen molar-refractivity contribution in [1.82, 2.24) is 5.32 Å². The lowest BCUT2D eigenvalue weighted by atomic mass is 10.2. The zero-order chi connectivity index (χ0) is 14.4. The second-order valence-electron chi connectivity index (χ2n) is 4.63. The van der Waals surface area contributed by atoms with Crippen LogP contribution in [0.25, 0.3) is 0 Å². The number of hydrogen-bond acceptors (Lipinski definition) is 3. The van der Waals surface area contributed by atoms with Crippen molar-refractivity contribution in [1.29, 1.82) is 0 Å². The van der Waals surface area contributed by atoms with Crippen LogP contribution in [-0.2, 0) is 4.79 Å². The van der Waals surface area contributed by atoms with Gasteiger partial charge in [-0.3, -0.25) is 4.79 Å². The average molecular weight is 268 g/mol. The van der Waals surface area contributed by atoms with E-state index in [1.54, 1.807) is 13.1 Å². The predicted molar refractivity (Wildman–Crippen MR) is 74.1 cm³/mol. The number of methoxy groups -OCH3 is 1. The molecule has 0 saturated carbocycles. The van der Waals surface area contributed by atoms with Crippen molar-refractivity contribution in [3.05, 3.63) is 24.0 Å². The molecule has 0 aliphatic carbocycles. The summed E-state index contributed by atoms with van der Waals surface area (Å²) in [5.74, 6) is -0.358. The van der Waals surface area contributed by atoms with Crippen LogP contribution >= 0.6 is 0 Å². The molecular weight excluding hydrogens is 247 g/mol. The third kappa shape index (κ3) is 4.52. The number of anilines is 1. The minimum Gasteiger partial charge on any atom is -0.494 e. The number of benzene rings is 1. The molecule has 0 unspecified atom stereocenters. The van der Waals surface area contributed by atoms with E-state index < -0.39 is 5.82 Å². The van der Waals surface area contributed by atoms with Crippen LogP contribution in [0.3, 0.4) is 0 Å². The van der Waals surface area contributed by atoms with E-state index in [1.807, 2.05) is 13.8 Å². The zero-order valence-electron chi connectivity index (χ0n) is 11.9. The van der Waals surface area contributed by atoms with Gasteiger partial charge in [-0.25, -0.2) is 4.39 Å². The fourth-order valence-corrected chi connectivity index (χ4v) is 1.64. The van der Waals surface area contributed by atoms with Crippen LogP contribution in [0.15, 0.2) is 18.2 Å². The third-order valence-electron chi connectivity index (χ3n) is 2.79. The zero-order valence-corrected chi connectivity index (χ0v) is 11.9. The summed E-state index contributed by atoms with van der Waals surface area (Å²) in [5.41, 5.74) is 0.521. The molecule has 0 fully saturated rings. The van der Waals surface area contributed by atoms with Crippen LogP contribution < -0.4 is 15.0 Å². The predicted octanol–water partition coefficient (Wildman–Crippen LogP) is 2.19. The first-order chi connectivity index (χ1) is 8.95. The highest BCUT2D eigenvalue weighted by molar-refractivity contribution is 5.92. The molecule has 0 spiro atoms. The van der Waals surface area contributed by atoms with Gasteiger partial charge in [-0.2, -0.15) is 0 Å². The molecule has 1 N–H and O–H groups in total. The second-order valence-corrected chi connectivity index (χ2v) is 4.63. The fraction of sp³-hybridized carbons (Fsp3) is 0.500. The quantitative estimate of drug-likeness (QED) is 0.860. The molecule has 0 heterocycles. The highest BCUT2D eigenvalue weighted by atomic mass is 19.1. The second kappa shape index (κ2) is 7.09. The summed E-state index contributed by atoms with van der Waals surface area (Å²) in [7, 11) is 3.05. The van der Waals surface area contributed by atoms with E-state index in [-0.39, 0.29) is 11.7 Å². The molecular formula is C14H21FN2O2. The highest BCUT2D eigenvalue weighted by Gasteiger charge is 2.13. The summed E-state index contributed by atoms with van der Waals surface area (Å²) in [6, 6.07) is 4.82. The van der Waals surface area contributed by atoms with Crippen LogP contribution in [0.1, 0.15) is 20.3 Å². The molecule has 0 aromatic heterocycles.